The smallest absolute Gasteiger partial charge is 0.319 e. The highest BCUT2D eigenvalue weighted by Gasteiger charge is 2.43. The van der Waals surface area contributed by atoms with E-state index in [2.05, 4.69) is 10.5 Å². The average Bonchev–Trinajstić information content (AvgIpc) is 2.73. The third-order valence-electron chi connectivity index (χ3n) is 2.90. The summed E-state index contributed by atoms with van der Waals surface area (Å²) >= 11 is 5.83. The minimum Gasteiger partial charge on any atom is -0.468 e. The summed E-state index contributed by atoms with van der Waals surface area (Å²) in [6, 6.07) is 7.23. The number of carbonyl (C=O) groups is 1. The first-order chi connectivity index (χ1) is 8.08. The third-order valence-corrected chi connectivity index (χ3v) is 3.15. The predicted molar refractivity (Wildman–Crippen MR) is 73.4 cm³/mol. The number of rotatable bonds is 2. The van der Waals surface area contributed by atoms with Gasteiger partial charge in [0.05, 0.1) is 19.4 Å². The molecule has 0 radical (unpaired) electrons. The highest BCUT2D eigenvalue weighted by atomic mass is 35.5. The van der Waals surface area contributed by atoms with Crippen molar-refractivity contribution in [2.45, 2.75) is 6.92 Å². The van der Waals surface area contributed by atoms with Crippen LogP contribution in [0.2, 0.25) is 5.02 Å². The van der Waals surface area contributed by atoms with Gasteiger partial charge in [-0.2, -0.15) is 5.10 Å². The molecule has 0 spiro atoms. The van der Waals surface area contributed by atoms with Gasteiger partial charge < -0.3 is 10.2 Å². The van der Waals surface area contributed by atoms with Gasteiger partial charge in [0.2, 0.25) is 0 Å². The first-order valence-electron chi connectivity index (χ1n) is 5.23. The summed E-state index contributed by atoms with van der Waals surface area (Å²) in [5, 5.41) is 4.83. The number of nitrogens with zero attached hydrogens (tertiary/aromatic N) is 1. The lowest BCUT2D eigenvalue weighted by Crippen LogP contribution is -2.39. The minimum absolute atomic E-state index is 0. The fourth-order valence-corrected chi connectivity index (χ4v) is 1.99. The molecule has 2 rings (SSSR count). The van der Waals surface area contributed by atoms with Crippen LogP contribution >= 0.6 is 24.0 Å². The Hall–Kier alpha value is -1.26. The molecule has 1 aromatic carbocycles. The summed E-state index contributed by atoms with van der Waals surface area (Å²) < 4.78 is 4.83. The van der Waals surface area contributed by atoms with Gasteiger partial charge in [-0.15, -0.1) is 12.4 Å². The number of nitrogens with one attached hydrogen (secondary N) is 1. The molecule has 0 saturated carbocycles. The first-order valence-corrected chi connectivity index (χ1v) is 5.61. The fourth-order valence-electron chi connectivity index (χ4n) is 1.87. The molecular weight excluding hydrogens is 275 g/mol. The lowest BCUT2D eigenvalue weighted by molar-refractivity contribution is -0.147. The Labute approximate surface area is 117 Å². The van der Waals surface area contributed by atoms with E-state index < -0.39 is 5.41 Å². The molecule has 1 aliphatic heterocycles. The number of benzene rings is 1. The summed E-state index contributed by atoms with van der Waals surface area (Å²) in [6.07, 6.45) is 0. The Morgan fingerprint density at radius 1 is 1.44 bits per heavy atom. The van der Waals surface area contributed by atoms with Gasteiger partial charge in [0.1, 0.15) is 5.41 Å². The van der Waals surface area contributed by atoms with E-state index in [9.17, 15) is 4.79 Å². The number of methoxy groups -OCH3 is 1. The van der Waals surface area contributed by atoms with E-state index in [1.165, 1.54) is 7.11 Å². The number of hydrazone groups is 1. The van der Waals surface area contributed by atoms with Gasteiger partial charge in [0.15, 0.2) is 0 Å². The van der Waals surface area contributed by atoms with Crippen molar-refractivity contribution in [3.63, 3.8) is 0 Å². The molecule has 0 aliphatic carbocycles. The Morgan fingerprint density at radius 3 is 2.61 bits per heavy atom. The van der Waals surface area contributed by atoms with Crippen LogP contribution in [0.25, 0.3) is 0 Å². The molecule has 0 fully saturated rings. The van der Waals surface area contributed by atoms with E-state index in [4.69, 9.17) is 16.3 Å². The molecular formula is C12H14Cl2N2O2. The highest BCUT2D eigenvalue weighted by molar-refractivity contribution is 6.30. The van der Waals surface area contributed by atoms with E-state index in [-0.39, 0.29) is 18.4 Å². The highest BCUT2D eigenvalue weighted by Crippen LogP contribution is 2.28. The van der Waals surface area contributed by atoms with Crippen molar-refractivity contribution in [2.75, 3.05) is 13.7 Å². The van der Waals surface area contributed by atoms with E-state index in [1.54, 1.807) is 12.1 Å². The molecule has 0 bridgehead atoms. The van der Waals surface area contributed by atoms with Gasteiger partial charge in [-0.1, -0.05) is 23.7 Å². The topological polar surface area (TPSA) is 50.7 Å². The third kappa shape index (κ3) is 2.44. The quantitative estimate of drug-likeness (QED) is 0.850. The van der Waals surface area contributed by atoms with Crippen molar-refractivity contribution in [1.29, 1.82) is 0 Å². The molecule has 6 heteroatoms. The van der Waals surface area contributed by atoms with E-state index in [0.717, 1.165) is 5.56 Å². The molecule has 1 atom stereocenters. The van der Waals surface area contributed by atoms with E-state index >= 15 is 0 Å². The second kappa shape index (κ2) is 5.59. The molecule has 1 heterocycles. The first kappa shape index (κ1) is 14.8. The summed E-state index contributed by atoms with van der Waals surface area (Å²) in [6.45, 7) is 2.25. The summed E-state index contributed by atoms with van der Waals surface area (Å²) in [4.78, 5) is 11.8. The Morgan fingerprint density at radius 2 is 2.06 bits per heavy atom. The molecule has 0 aromatic heterocycles. The maximum Gasteiger partial charge on any atom is 0.319 e. The number of carbonyl (C=O) groups excluding carboxylic acids is 1. The number of hydrogen-bond acceptors (Lipinski definition) is 4. The van der Waals surface area contributed by atoms with Crippen molar-refractivity contribution >= 4 is 35.7 Å². The SMILES string of the molecule is COC(=O)C1(C)CNN=C1c1ccc(Cl)cc1.Cl. The lowest BCUT2D eigenvalue weighted by Gasteiger charge is -2.21. The largest absolute Gasteiger partial charge is 0.468 e. The van der Waals surface area contributed by atoms with Crippen molar-refractivity contribution in [3.05, 3.63) is 34.9 Å². The fraction of sp³-hybridized carbons (Fsp3) is 0.333. The predicted octanol–water partition coefficient (Wildman–Crippen LogP) is 2.25. The zero-order valence-electron chi connectivity index (χ0n) is 10.1. The monoisotopic (exact) mass is 288 g/mol. The molecule has 0 amide bonds. The molecule has 1 unspecified atom stereocenters. The second-order valence-corrected chi connectivity index (χ2v) is 4.56. The van der Waals surface area contributed by atoms with Crippen LogP contribution in [0.3, 0.4) is 0 Å². The molecule has 1 aromatic rings. The van der Waals surface area contributed by atoms with Crippen LogP contribution < -0.4 is 5.43 Å². The van der Waals surface area contributed by atoms with Crippen LogP contribution in [-0.2, 0) is 9.53 Å². The maximum atomic E-state index is 11.8. The van der Waals surface area contributed by atoms with Crippen LogP contribution in [0.15, 0.2) is 29.4 Å². The van der Waals surface area contributed by atoms with Gasteiger partial charge in [-0.3, -0.25) is 4.79 Å². The summed E-state index contributed by atoms with van der Waals surface area (Å²) in [7, 11) is 1.38. The van der Waals surface area contributed by atoms with Crippen molar-refractivity contribution in [1.82, 2.24) is 5.43 Å². The van der Waals surface area contributed by atoms with Crippen molar-refractivity contribution < 1.29 is 9.53 Å². The zero-order valence-corrected chi connectivity index (χ0v) is 11.6. The normalized spacial score (nSPS) is 21.6. The number of esters is 1. The van der Waals surface area contributed by atoms with Gasteiger partial charge >= 0.3 is 5.97 Å². The van der Waals surface area contributed by atoms with Gasteiger partial charge in [-0.25, -0.2) is 0 Å². The summed E-state index contributed by atoms with van der Waals surface area (Å²) in [5.74, 6) is -0.295. The second-order valence-electron chi connectivity index (χ2n) is 4.13. The standard InChI is InChI=1S/C12H13ClN2O2.ClH/c1-12(11(16)17-2)7-14-15-10(12)8-3-5-9(13)6-4-8;/h3-6,14H,7H2,1-2H3;1H. The molecule has 1 N–H and O–H groups in total. The van der Waals surface area contributed by atoms with Crippen LogP contribution in [-0.4, -0.2) is 25.3 Å². The summed E-state index contributed by atoms with van der Waals surface area (Å²) in [5.41, 5.74) is 3.65. The number of hydrogen-bond donors (Lipinski definition) is 1. The molecule has 4 nitrogen and oxygen atoms in total. The number of ether oxygens (including phenoxy) is 1. The molecule has 1 aliphatic rings. The van der Waals surface area contributed by atoms with Crippen LogP contribution in [0.5, 0.6) is 0 Å². The number of halogens is 2. The van der Waals surface area contributed by atoms with Gasteiger partial charge in [-0.05, 0) is 24.6 Å². The Bertz CT molecular complexity index is 473. The van der Waals surface area contributed by atoms with Crippen LogP contribution in [0, 0.1) is 5.41 Å². The van der Waals surface area contributed by atoms with Gasteiger partial charge in [0.25, 0.3) is 0 Å². The lowest BCUT2D eigenvalue weighted by atomic mass is 9.82. The molecule has 18 heavy (non-hydrogen) atoms. The van der Waals surface area contributed by atoms with Crippen LogP contribution in [0.1, 0.15) is 12.5 Å². The van der Waals surface area contributed by atoms with E-state index in [1.807, 2.05) is 19.1 Å². The van der Waals surface area contributed by atoms with Crippen molar-refractivity contribution in [2.24, 2.45) is 10.5 Å². The van der Waals surface area contributed by atoms with Gasteiger partial charge in [0, 0.05) is 5.02 Å². The Balaban J connectivity index is 0.00000162. The Kier molecular flexibility index (Phi) is 4.59. The minimum atomic E-state index is -0.747. The van der Waals surface area contributed by atoms with Crippen molar-refractivity contribution in [3.8, 4) is 0 Å². The van der Waals surface area contributed by atoms with Crippen LogP contribution in [0.4, 0.5) is 0 Å². The molecule has 98 valence electrons. The average molecular weight is 289 g/mol. The maximum absolute atomic E-state index is 11.8. The molecule has 0 saturated heterocycles. The van der Waals surface area contributed by atoms with E-state index in [0.29, 0.717) is 17.3 Å². The zero-order chi connectivity index (χ0) is 12.5.